The lowest BCUT2D eigenvalue weighted by Gasteiger charge is -2.32. The van der Waals surface area contributed by atoms with Crippen molar-refractivity contribution in [1.82, 2.24) is 30.0 Å². The van der Waals surface area contributed by atoms with Crippen LogP contribution in [0.3, 0.4) is 0 Å². The molecule has 0 bridgehead atoms. The van der Waals surface area contributed by atoms with Gasteiger partial charge < -0.3 is 15.2 Å². The maximum atomic E-state index is 12.7. The van der Waals surface area contributed by atoms with Crippen LogP contribution >= 0.6 is 0 Å². The lowest BCUT2D eigenvalue weighted by Crippen LogP contribution is -2.41. The van der Waals surface area contributed by atoms with E-state index in [1.807, 2.05) is 18.0 Å². The molecule has 1 saturated heterocycles. The molecule has 0 radical (unpaired) electrons. The number of hydrogen-bond donors (Lipinski definition) is 2. The Bertz CT molecular complexity index is 1080. The first-order chi connectivity index (χ1) is 15.4. The molecule has 0 saturated carbocycles. The zero-order valence-electron chi connectivity index (χ0n) is 19.1. The molecule has 8 nitrogen and oxygen atoms in total. The second kappa shape index (κ2) is 9.54. The van der Waals surface area contributed by atoms with Gasteiger partial charge in [0.1, 0.15) is 11.5 Å². The van der Waals surface area contributed by atoms with Gasteiger partial charge in [-0.15, -0.1) is 0 Å². The summed E-state index contributed by atoms with van der Waals surface area (Å²) in [5.74, 6) is 1.05. The number of rotatable bonds is 7. The number of hydrogen-bond acceptors (Lipinski definition) is 4. The summed E-state index contributed by atoms with van der Waals surface area (Å²) >= 11 is 0. The monoisotopic (exact) mass is 436 g/mol. The number of benzene rings is 1. The number of carbonyl (C=O) groups is 2. The molecule has 4 rings (SSSR count). The van der Waals surface area contributed by atoms with Crippen LogP contribution in [0, 0.1) is 19.8 Å². The Balaban J connectivity index is 1.25. The predicted molar refractivity (Wildman–Crippen MR) is 123 cm³/mol. The lowest BCUT2D eigenvalue weighted by atomic mass is 9.94. The summed E-state index contributed by atoms with van der Waals surface area (Å²) in [7, 11) is 0. The third-order valence-corrected chi connectivity index (χ3v) is 6.29. The smallest absolute Gasteiger partial charge is 0.274 e. The number of aromatic nitrogens is 4. The summed E-state index contributed by atoms with van der Waals surface area (Å²) in [6.07, 6.45) is 4.80. The standard InChI is InChI=1S/C24H32N6O2/c1-4-30-11-8-19(28-30)24(32)29-10-5-6-18(15-29)14-23(31)25-9-7-22-26-20-12-16(2)17(3)13-21(20)27-22/h8,11-13,18H,4-7,9-10,14-15H2,1-3H3,(H,25,31)(H,26,27). The Morgan fingerprint density at radius 2 is 2.06 bits per heavy atom. The summed E-state index contributed by atoms with van der Waals surface area (Å²) in [6, 6.07) is 5.97. The topological polar surface area (TPSA) is 95.9 Å². The number of aromatic amines is 1. The van der Waals surface area contributed by atoms with E-state index in [9.17, 15) is 9.59 Å². The Kier molecular flexibility index (Phi) is 6.58. The van der Waals surface area contributed by atoms with Gasteiger partial charge in [0.15, 0.2) is 0 Å². The number of imidazole rings is 1. The van der Waals surface area contributed by atoms with E-state index in [0.29, 0.717) is 31.6 Å². The van der Waals surface area contributed by atoms with Crippen LogP contribution in [0.1, 0.15) is 53.6 Å². The highest BCUT2D eigenvalue weighted by Gasteiger charge is 2.27. The molecule has 1 unspecified atom stereocenters. The number of nitrogens with zero attached hydrogens (tertiary/aromatic N) is 4. The minimum Gasteiger partial charge on any atom is -0.356 e. The van der Waals surface area contributed by atoms with E-state index in [2.05, 4.69) is 46.4 Å². The van der Waals surface area contributed by atoms with E-state index in [1.165, 1.54) is 11.1 Å². The van der Waals surface area contributed by atoms with E-state index in [1.54, 1.807) is 10.7 Å². The van der Waals surface area contributed by atoms with Crippen LogP contribution in [0.25, 0.3) is 11.0 Å². The molecule has 170 valence electrons. The minimum absolute atomic E-state index is 0.0300. The van der Waals surface area contributed by atoms with Gasteiger partial charge in [-0.1, -0.05) is 0 Å². The van der Waals surface area contributed by atoms with Crippen LogP contribution in [-0.4, -0.2) is 56.1 Å². The van der Waals surface area contributed by atoms with Crippen molar-refractivity contribution in [2.75, 3.05) is 19.6 Å². The number of nitrogens with one attached hydrogen (secondary N) is 2. The van der Waals surface area contributed by atoms with Crippen molar-refractivity contribution in [3.05, 3.63) is 47.0 Å². The van der Waals surface area contributed by atoms with Crippen LogP contribution in [0.4, 0.5) is 0 Å². The molecular formula is C24H32N6O2. The zero-order chi connectivity index (χ0) is 22.7. The van der Waals surface area contributed by atoms with Crippen molar-refractivity contribution in [2.45, 2.75) is 53.0 Å². The van der Waals surface area contributed by atoms with E-state index < -0.39 is 0 Å². The van der Waals surface area contributed by atoms with Gasteiger partial charge in [0.05, 0.1) is 11.0 Å². The minimum atomic E-state index is -0.0438. The number of aryl methyl sites for hydroxylation is 3. The molecule has 32 heavy (non-hydrogen) atoms. The molecule has 3 aromatic rings. The normalized spacial score (nSPS) is 16.5. The molecule has 2 N–H and O–H groups in total. The second-order valence-electron chi connectivity index (χ2n) is 8.76. The van der Waals surface area contributed by atoms with Crippen LogP contribution in [0.15, 0.2) is 24.4 Å². The first-order valence-electron chi connectivity index (χ1n) is 11.5. The van der Waals surface area contributed by atoms with Crippen LogP contribution in [0.2, 0.25) is 0 Å². The van der Waals surface area contributed by atoms with Gasteiger partial charge in [-0.05, 0) is 68.9 Å². The van der Waals surface area contributed by atoms with Crippen LogP contribution in [0.5, 0.6) is 0 Å². The van der Waals surface area contributed by atoms with E-state index in [4.69, 9.17) is 0 Å². The number of likely N-dealkylation sites (tertiary alicyclic amines) is 1. The van der Waals surface area contributed by atoms with Crippen molar-refractivity contribution < 1.29 is 9.59 Å². The SMILES string of the molecule is CCn1ccc(C(=O)N2CCCC(CC(=O)NCCc3nc4cc(C)c(C)cc4[nH]3)C2)n1. The Labute approximate surface area is 188 Å². The summed E-state index contributed by atoms with van der Waals surface area (Å²) in [4.78, 5) is 35.0. The first kappa shape index (κ1) is 22.0. The molecule has 1 atom stereocenters. The Hall–Kier alpha value is -3.16. The van der Waals surface area contributed by atoms with E-state index in [0.717, 1.165) is 42.8 Å². The van der Waals surface area contributed by atoms with Crippen molar-refractivity contribution in [1.29, 1.82) is 0 Å². The van der Waals surface area contributed by atoms with Gasteiger partial charge in [-0.3, -0.25) is 14.3 Å². The number of carbonyl (C=O) groups excluding carboxylic acids is 2. The fraction of sp³-hybridized carbons (Fsp3) is 0.500. The quantitative estimate of drug-likeness (QED) is 0.595. The molecule has 0 spiro atoms. The highest BCUT2D eigenvalue weighted by Crippen LogP contribution is 2.21. The molecule has 3 heterocycles. The van der Waals surface area contributed by atoms with Crippen molar-refractivity contribution in [3.63, 3.8) is 0 Å². The van der Waals surface area contributed by atoms with Gasteiger partial charge in [-0.2, -0.15) is 5.10 Å². The number of piperidine rings is 1. The maximum absolute atomic E-state index is 12.7. The second-order valence-corrected chi connectivity index (χ2v) is 8.76. The summed E-state index contributed by atoms with van der Waals surface area (Å²) in [6.45, 7) is 8.78. The molecule has 1 aliphatic rings. The van der Waals surface area contributed by atoms with Gasteiger partial charge in [0.25, 0.3) is 5.91 Å². The lowest BCUT2D eigenvalue weighted by molar-refractivity contribution is -0.122. The van der Waals surface area contributed by atoms with Crippen molar-refractivity contribution >= 4 is 22.8 Å². The third kappa shape index (κ3) is 5.00. The fourth-order valence-electron chi connectivity index (χ4n) is 4.33. The third-order valence-electron chi connectivity index (χ3n) is 6.29. The number of H-pyrrole nitrogens is 1. The Morgan fingerprint density at radius 3 is 2.84 bits per heavy atom. The average molecular weight is 437 g/mol. The number of fused-ring (bicyclic) bond motifs is 1. The number of amides is 2. The summed E-state index contributed by atoms with van der Waals surface area (Å²) in [5.41, 5.74) is 4.94. The molecule has 1 aliphatic heterocycles. The van der Waals surface area contributed by atoms with Gasteiger partial charge >= 0.3 is 0 Å². The summed E-state index contributed by atoms with van der Waals surface area (Å²) < 4.78 is 1.76. The van der Waals surface area contributed by atoms with Crippen molar-refractivity contribution in [2.24, 2.45) is 5.92 Å². The van der Waals surface area contributed by atoms with Crippen LogP contribution in [-0.2, 0) is 17.8 Å². The maximum Gasteiger partial charge on any atom is 0.274 e. The van der Waals surface area contributed by atoms with Gasteiger partial charge in [-0.25, -0.2) is 4.98 Å². The van der Waals surface area contributed by atoms with Crippen LogP contribution < -0.4 is 5.32 Å². The first-order valence-corrected chi connectivity index (χ1v) is 11.5. The predicted octanol–water partition coefficient (Wildman–Crippen LogP) is 3.00. The highest BCUT2D eigenvalue weighted by molar-refractivity contribution is 5.92. The average Bonchev–Trinajstić information content (AvgIpc) is 3.40. The molecule has 8 heteroatoms. The van der Waals surface area contributed by atoms with Gasteiger partial charge in [0, 0.05) is 45.2 Å². The molecule has 0 aliphatic carbocycles. The molecule has 2 amide bonds. The van der Waals surface area contributed by atoms with Gasteiger partial charge in [0.2, 0.25) is 5.91 Å². The zero-order valence-corrected chi connectivity index (χ0v) is 19.1. The fourth-order valence-corrected chi connectivity index (χ4v) is 4.33. The molecule has 1 aromatic carbocycles. The molecule has 2 aromatic heterocycles. The van der Waals surface area contributed by atoms with E-state index >= 15 is 0 Å². The van der Waals surface area contributed by atoms with E-state index in [-0.39, 0.29) is 17.7 Å². The molecule has 1 fully saturated rings. The largest absolute Gasteiger partial charge is 0.356 e. The highest BCUT2D eigenvalue weighted by atomic mass is 16.2. The molecular weight excluding hydrogens is 404 g/mol. The van der Waals surface area contributed by atoms with Crippen molar-refractivity contribution in [3.8, 4) is 0 Å². The Morgan fingerprint density at radius 1 is 1.25 bits per heavy atom. The summed E-state index contributed by atoms with van der Waals surface area (Å²) in [5, 5.41) is 7.34.